The SMILES string of the molecule is COCC(=O)Nc1ccc(NS(=O)(=O)c2cn[nH]c2)cc1. The van der Waals surface area contributed by atoms with Crippen LogP contribution in [0.15, 0.2) is 41.6 Å². The van der Waals surface area contributed by atoms with E-state index < -0.39 is 10.0 Å². The number of ether oxygens (including phenoxy) is 1. The number of methoxy groups -OCH3 is 1. The summed E-state index contributed by atoms with van der Waals surface area (Å²) in [5, 5.41) is 8.63. The minimum atomic E-state index is -3.67. The summed E-state index contributed by atoms with van der Waals surface area (Å²) < 4.78 is 31.0. The minimum absolute atomic E-state index is 0.0416. The number of H-pyrrole nitrogens is 1. The first kappa shape index (κ1) is 15.0. The van der Waals surface area contributed by atoms with Gasteiger partial charge in [0.15, 0.2) is 0 Å². The van der Waals surface area contributed by atoms with E-state index in [9.17, 15) is 13.2 Å². The summed E-state index contributed by atoms with van der Waals surface area (Å²) in [7, 11) is -2.24. The van der Waals surface area contributed by atoms with Gasteiger partial charge in [-0.25, -0.2) is 8.42 Å². The number of nitrogens with one attached hydrogen (secondary N) is 3. The molecule has 1 aromatic carbocycles. The molecule has 0 aliphatic rings. The van der Waals surface area contributed by atoms with Crippen molar-refractivity contribution in [3.8, 4) is 0 Å². The molecule has 3 N–H and O–H groups in total. The van der Waals surface area contributed by atoms with Crippen LogP contribution in [0.5, 0.6) is 0 Å². The normalized spacial score (nSPS) is 11.1. The highest BCUT2D eigenvalue weighted by atomic mass is 32.2. The second-order valence-corrected chi connectivity index (χ2v) is 5.78. The molecule has 0 radical (unpaired) electrons. The Kier molecular flexibility index (Phi) is 4.55. The Morgan fingerprint density at radius 2 is 1.95 bits per heavy atom. The van der Waals surface area contributed by atoms with Gasteiger partial charge in [0.2, 0.25) is 5.91 Å². The molecule has 0 unspecified atom stereocenters. The fourth-order valence-electron chi connectivity index (χ4n) is 1.55. The lowest BCUT2D eigenvalue weighted by atomic mass is 10.3. The quantitative estimate of drug-likeness (QED) is 0.730. The number of anilines is 2. The zero-order valence-electron chi connectivity index (χ0n) is 11.2. The summed E-state index contributed by atoms with van der Waals surface area (Å²) in [6, 6.07) is 6.25. The van der Waals surface area contributed by atoms with Crippen LogP contribution >= 0.6 is 0 Å². The van der Waals surface area contributed by atoms with Gasteiger partial charge in [-0.2, -0.15) is 5.10 Å². The van der Waals surface area contributed by atoms with Crippen molar-refractivity contribution in [1.82, 2.24) is 10.2 Å². The third-order valence-corrected chi connectivity index (χ3v) is 3.83. The Morgan fingerprint density at radius 3 is 2.52 bits per heavy atom. The Morgan fingerprint density at radius 1 is 1.29 bits per heavy atom. The van der Waals surface area contributed by atoms with E-state index in [2.05, 4.69) is 20.2 Å². The van der Waals surface area contributed by atoms with Crippen molar-refractivity contribution in [3.05, 3.63) is 36.7 Å². The van der Waals surface area contributed by atoms with Gasteiger partial charge in [0.05, 0.1) is 6.20 Å². The summed E-state index contributed by atoms with van der Waals surface area (Å²) in [6.45, 7) is -0.0468. The molecular formula is C12H14N4O4S. The van der Waals surface area contributed by atoms with Crippen molar-refractivity contribution in [2.24, 2.45) is 0 Å². The first-order valence-electron chi connectivity index (χ1n) is 5.92. The molecular weight excluding hydrogens is 296 g/mol. The minimum Gasteiger partial charge on any atom is -0.375 e. The number of benzene rings is 1. The second-order valence-electron chi connectivity index (χ2n) is 4.10. The predicted octanol–water partition coefficient (Wildman–Crippen LogP) is 0.795. The van der Waals surface area contributed by atoms with Gasteiger partial charge >= 0.3 is 0 Å². The number of hydrogen-bond acceptors (Lipinski definition) is 5. The highest BCUT2D eigenvalue weighted by Gasteiger charge is 2.15. The third kappa shape index (κ3) is 4.04. The summed E-state index contributed by atoms with van der Waals surface area (Å²) in [5.74, 6) is -0.288. The smallest absolute Gasteiger partial charge is 0.265 e. The van der Waals surface area contributed by atoms with Gasteiger partial charge in [-0.05, 0) is 24.3 Å². The second kappa shape index (κ2) is 6.37. The van der Waals surface area contributed by atoms with Crippen LogP contribution in [-0.2, 0) is 19.6 Å². The number of amides is 1. The molecule has 0 aliphatic heterocycles. The zero-order chi connectivity index (χ0) is 15.3. The van der Waals surface area contributed by atoms with Crippen LogP contribution in [0.3, 0.4) is 0 Å². The molecule has 0 atom stereocenters. The highest BCUT2D eigenvalue weighted by Crippen LogP contribution is 2.17. The maximum Gasteiger partial charge on any atom is 0.265 e. The van der Waals surface area contributed by atoms with Crippen molar-refractivity contribution in [3.63, 3.8) is 0 Å². The maximum absolute atomic E-state index is 12.0. The lowest BCUT2D eigenvalue weighted by Crippen LogP contribution is -2.17. The van der Waals surface area contributed by atoms with E-state index in [1.54, 1.807) is 24.3 Å². The number of sulfonamides is 1. The van der Waals surface area contributed by atoms with E-state index in [1.165, 1.54) is 19.5 Å². The topological polar surface area (TPSA) is 113 Å². The summed E-state index contributed by atoms with van der Waals surface area (Å²) in [6.07, 6.45) is 2.49. The first-order chi connectivity index (χ1) is 10.0. The van der Waals surface area contributed by atoms with Crippen molar-refractivity contribution < 1.29 is 17.9 Å². The van der Waals surface area contributed by atoms with E-state index in [4.69, 9.17) is 4.74 Å². The van der Waals surface area contributed by atoms with E-state index in [1.807, 2.05) is 0 Å². The Labute approximate surface area is 121 Å². The first-order valence-corrected chi connectivity index (χ1v) is 7.40. The zero-order valence-corrected chi connectivity index (χ0v) is 12.0. The molecule has 21 heavy (non-hydrogen) atoms. The van der Waals surface area contributed by atoms with E-state index in [0.29, 0.717) is 11.4 Å². The molecule has 112 valence electrons. The Balaban J connectivity index is 2.04. The van der Waals surface area contributed by atoms with Crippen molar-refractivity contribution in [2.75, 3.05) is 23.8 Å². The Hall–Kier alpha value is -2.39. The molecule has 1 amide bonds. The van der Waals surface area contributed by atoms with E-state index >= 15 is 0 Å². The molecule has 0 bridgehead atoms. The lowest BCUT2D eigenvalue weighted by molar-refractivity contribution is -0.119. The largest absolute Gasteiger partial charge is 0.375 e. The van der Waals surface area contributed by atoms with Crippen molar-refractivity contribution in [2.45, 2.75) is 4.90 Å². The molecule has 0 fully saturated rings. The maximum atomic E-state index is 12.0. The van der Waals surface area contributed by atoms with Crippen LogP contribution in [0.4, 0.5) is 11.4 Å². The van der Waals surface area contributed by atoms with Crippen LogP contribution in [0.25, 0.3) is 0 Å². The predicted molar refractivity (Wildman–Crippen MR) is 76.3 cm³/mol. The summed E-state index contributed by atoms with van der Waals surface area (Å²) >= 11 is 0. The van der Waals surface area contributed by atoms with E-state index in [0.717, 1.165) is 0 Å². The number of carbonyl (C=O) groups is 1. The molecule has 1 aromatic heterocycles. The molecule has 2 rings (SSSR count). The van der Waals surface area contributed by atoms with Gasteiger partial charge < -0.3 is 10.1 Å². The fourth-order valence-corrected chi connectivity index (χ4v) is 2.51. The molecule has 0 saturated carbocycles. The average Bonchev–Trinajstić information content (AvgIpc) is 2.96. The highest BCUT2D eigenvalue weighted by molar-refractivity contribution is 7.92. The summed E-state index contributed by atoms with van der Waals surface area (Å²) in [5.41, 5.74) is 0.921. The molecule has 8 nitrogen and oxygen atoms in total. The molecule has 1 heterocycles. The Bertz CT molecular complexity index is 695. The standard InChI is InChI=1S/C12H14N4O4S/c1-20-8-12(17)15-9-2-4-10(5-3-9)16-21(18,19)11-6-13-14-7-11/h2-7,16H,8H2,1H3,(H,13,14)(H,15,17). The molecule has 2 aromatic rings. The van der Waals surface area contributed by atoms with Gasteiger partial charge in [-0.15, -0.1) is 0 Å². The van der Waals surface area contributed by atoms with Gasteiger partial charge in [0.1, 0.15) is 11.5 Å². The van der Waals surface area contributed by atoms with Crippen LogP contribution < -0.4 is 10.0 Å². The van der Waals surface area contributed by atoms with E-state index in [-0.39, 0.29) is 17.4 Å². The molecule has 0 saturated heterocycles. The van der Waals surface area contributed by atoms with Crippen molar-refractivity contribution >= 4 is 27.3 Å². The van der Waals surface area contributed by atoms with Gasteiger partial charge in [0, 0.05) is 24.7 Å². The number of nitrogens with zero attached hydrogens (tertiary/aromatic N) is 1. The number of carbonyl (C=O) groups excluding carboxylic acids is 1. The monoisotopic (exact) mass is 310 g/mol. The number of rotatable bonds is 6. The number of aromatic nitrogens is 2. The number of hydrogen-bond donors (Lipinski definition) is 3. The van der Waals surface area contributed by atoms with Gasteiger partial charge in [0.25, 0.3) is 10.0 Å². The molecule has 9 heteroatoms. The van der Waals surface area contributed by atoms with Gasteiger partial charge in [-0.3, -0.25) is 14.6 Å². The van der Waals surface area contributed by atoms with Crippen molar-refractivity contribution in [1.29, 1.82) is 0 Å². The summed E-state index contributed by atoms with van der Waals surface area (Å²) in [4.78, 5) is 11.4. The van der Waals surface area contributed by atoms with Crippen LogP contribution in [0.1, 0.15) is 0 Å². The van der Waals surface area contributed by atoms with Crippen LogP contribution in [0.2, 0.25) is 0 Å². The van der Waals surface area contributed by atoms with Crippen LogP contribution in [0, 0.1) is 0 Å². The fraction of sp³-hybridized carbons (Fsp3) is 0.167. The number of aromatic amines is 1. The average molecular weight is 310 g/mol. The van der Waals surface area contributed by atoms with Gasteiger partial charge in [-0.1, -0.05) is 0 Å². The molecule has 0 aliphatic carbocycles. The molecule has 0 spiro atoms. The third-order valence-electron chi connectivity index (χ3n) is 2.48. The van der Waals surface area contributed by atoms with Crippen LogP contribution in [-0.4, -0.2) is 38.2 Å². The lowest BCUT2D eigenvalue weighted by Gasteiger charge is -2.08.